The first-order valence-corrected chi connectivity index (χ1v) is 9.37. The molecule has 30 heavy (non-hydrogen) atoms. The van der Waals surface area contributed by atoms with Crippen LogP contribution in [-0.4, -0.2) is 65.2 Å². The van der Waals surface area contributed by atoms with E-state index in [0.717, 1.165) is 5.56 Å². The molecule has 1 aromatic carbocycles. The number of nitrogens with one attached hydrogen (secondary N) is 2. The highest BCUT2D eigenvalue weighted by molar-refractivity contribution is 5.26. The van der Waals surface area contributed by atoms with Crippen LogP contribution in [0.2, 0.25) is 0 Å². The second-order valence-corrected chi connectivity index (χ2v) is 7.13. The molecule has 0 amide bonds. The largest absolute Gasteiger partial charge is 0.394 e. The lowest BCUT2D eigenvalue weighted by atomic mass is 9.99. The average Bonchev–Trinajstić information content (AvgIpc) is 3.27. The SMILES string of the molecule is O=c1[nH]c(Cc2cn(Cc3ccccc3)nn2)c([C@@H]2O[C@H](CO)C(O)[C@@H]2O)c(=O)[nH]1. The van der Waals surface area contributed by atoms with Crippen molar-refractivity contribution in [3.63, 3.8) is 0 Å². The molecular weight excluding hydrogens is 394 g/mol. The first kappa shape index (κ1) is 20.2. The van der Waals surface area contributed by atoms with Gasteiger partial charge in [-0.15, -0.1) is 5.10 Å². The fourth-order valence-electron chi connectivity index (χ4n) is 3.57. The predicted octanol–water partition coefficient (Wildman–Crippen LogP) is -1.55. The Bertz CT molecular complexity index is 1120. The fourth-order valence-corrected chi connectivity index (χ4v) is 3.57. The number of aromatic nitrogens is 5. The van der Waals surface area contributed by atoms with E-state index in [2.05, 4.69) is 20.3 Å². The van der Waals surface area contributed by atoms with E-state index in [-0.39, 0.29) is 17.7 Å². The normalized spacial score (nSPS) is 23.7. The van der Waals surface area contributed by atoms with Gasteiger partial charge in [0.05, 0.1) is 24.4 Å². The molecule has 1 fully saturated rings. The minimum atomic E-state index is -1.44. The van der Waals surface area contributed by atoms with Gasteiger partial charge in [-0.1, -0.05) is 35.5 Å². The summed E-state index contributed by atoms with van der Waals surface area (Å²) in [6.45, 7) is -0.0272. The van der Waals surface area contributed by atoms with E-state index in [1.807, 2.05) is 30.3 Å². The molecule has 0 bridgehead atoms. The molecule has 1 saturated heterocycles. The predicted molar refractivity (Wildman–Crippen MR) is 103 cm³/mol. The first-order valence-electron chi connectivity index (χ1n) is 9.37. The van der Waals surface area contributed by atoms with E-state index in [4.69, 9.17) is 4.74 Å². The maximum Gasteiger partial charge on any atom is 0.325 e. The van der Waals surface area contributed by atoms with Crippen LogP contribution in [0.5, 0.6) is 0 Å². The molecular formula is C19H21N5O6. The number of H-pyrrole nitrogens is 2. The maximum atomic E-state index is 12.5. The Labute approximate surface area is 169 Å². The maximum absolute atomic E-state index is 12.5. The molecule has 0 saturated carbocycles. The number of hydrogen-bond donors (Lipinski definition) is 5. The Kier molecular flexibility index (Phi) is 5.59. The molecule has 0 aliphatic carbocycles. The van der Waals surface area contributed by atoms with Crippen LogP contribution in [0.15, 0.2) is 46.1 Å². The van der Waals surface area contributed by atoms with E-state index >= 15 is 0 Å². The lowest BCUT2D eigenvalue weighted by Crippen LogP contribution is -2.35. The van der Waals surface area contributed by atoms with E-state index in [1.165, 1.54) is 0 Å². The number of aliphatic hydroxyl groups is 3. The zero-order valence-corrected chi connectivity index (χ0v) is 15.8. The minimum Gasteiger partial charge on any atom is -0.394 e. The van der Waals surface area contributed by atoms with Gasteiger partial charge in [-0.3, -0.25) is 9.78 Å². The van der Waals surface area contributed by atoms with Crippen molar-refractivity contribution in [1.82, 2.24) is 25.0 Å². The van der Waals surface area contributed by atoms with Crippen LogP contribution >= 0.6 is 0 Å². The first-order chi connectivity index (χ1) is 14.5. The average molecular weight is 415 g/mol. The molecule has 11 heteroatoms. The van der Waals surface area contributed by atoms with Gasteiger partial charge in [-0.05, 0) is 5.56 Å². The number of hydrogen-bond acceptors (Lipinski definition) is 8. The molecule has 5 N–H and O–H groups in total. The Morgan fingerprint density at radius 1 is 1.10 bits per heavy atom. The number of aliphatic hydroxyl groups excluding tert-OH is 3. The third-order valence-corrected chi connectivity index (χ3v) is 5.02. The summed E-state index contributed by atoms with van der Waals surface area (Å²) in [5.74, 6) is 0. The number of rotatable bonds is 6. The molecule has 4 atom stereocenters. The lowest BCUT2D eigenvalue weighted by molar-refractivity contribution is -0.0235. The molecule has 0 spiro atoms. The molecule has 4 rings (SSSR count). The molecule has 3 heterocycles. The van der Waals surface area contributed by atoms with Crippen molar-refractivity contribution in [2.75, 3.05) is 6.61 Å². The van der Waals surface area contributed by atoms with Crippen molar-refractivity contribution in [2.45, 2.75) is 37.4 Å². The zero-order valence-electron chi connectivity index (χ0n) is 15.8. The molecule has 158 valence electrons. The summed E-state index contributed by atoms with van der Waals surface area (Å²) in [6, 6.07) is 9.66. The van der Waals surface area contributed by atoms with E-state index in [0.29, 0.717) is 12.2 Å². The Morgan fingerprint density at radius 2 is 1.87 bits per heavy atom. The summed E-state index contributed by atoms with van der Waals surface area (Å²) in [7, 11) is 0. The van der Waals surface area contributed by atoms with Gasteiger partial charge < -0.3 is 25.0 Å². The molecule has 0 radical (unpaired) electrons. The monoisotopic (exact) mass is 415 g/mol. The summed E-state index contributed by atoms with van der Waals surface area (Å²) in [6.07, 6.45) is -3.33. The highest BCUT2D eigenvalue weighted by Crippen LogP contribution is 2.33. The van der Waals surface area contributed by atoms with Crippen molar-refractivity contribution in [3.8, 4) is 0 Å². The quantitative estimate of drug-likeness (QED) is 0.323. The Morgan fingerprint density at radius 3 is 2.57 bits per heavy atom. The van der Waals surface area contributed by atoms with Gasteiger partial charge in [0.15, 0.2) is 0 Å². The fraction of sp³-hybridized carbons (Fsp3) is 0.368. The van der Waals surface area contributed by atoms with Crippen LogP contribution in [-0.2, 0) is 17.7 Å². The van der Waals surface area contributed by atoms with Gasteiger partial charge in [-0.25, -0.2) is 9.48 Å². The third-order valence-electron chi connectivity index (χ3n) is 5.02. The number of benzene rings is 1. The molecule has 3 aromatic rings. The van der Waals surface area contributed by atoms with Crippen LogP contribution in [0.4, 0.5) is 0 Å². The van der Waals surface area contributed by atoms with E-state index in [9.17, 15) is 24.9 Å². The summed E-state index contributed by atoms with van der Waals surface area (Å²) in [4.78, 5) is 29.0. The van der Waals surface area contributed by atoms with Crippen molar-refractivity contribution in [2.24, 2.45) is 0 Å². The number of ether oxygens (including phenoxy) is 1. The number of aromatic amines is 2. The van der Waals surface area contributed by atoms with Crippen LogP contribution in [0.25, 0.3) is 0 Å². The standard InChI is InChI=1S/C19H21N5O6/c25-9-13-15(26)16(27)17(30-13)14-12(20-19(29)21-18(14)28)6-11-8-24(23-22-11)7-10-4-2-1-3-5-10/h1-5,8,13,15-17,25-27H,6-7,9H2,(H2,20,21,28,29)/t13-,15?,16+,17+/m1/s1. The summed E-state index contributed by atoms with van der Waals surface area (Å²) >= 11 is 0. The molecule has 1 unspecified atom stereocenters. The van der Waals surface area contributed by atoms with Gasteiger partial charge in [0.1, 0.15) is 24.4 Å². The van der Waals surface area contributed by atoms with Gasteiger partial charge in [0.2, 0.25) is 0 Å². The Balaban J connectivity index is 1.62. The minimum absolute atomic E-state index is 0.0327. The second kappa shape index (κ2) is 8.32. The van der Waals surface area contributed by atoms with Crippen molar-refractivity contribution in [3.05, 3.63) is 79.9 Å². The highest BCUT2D eigenvalue weighted by atomic mass is 16.6. The Hall–Kier alpha value is -3.12. The molecule has 11 nitrogen and oxygen atoms in total. The summed E-state index contributed by atoms with van der Waals surface area (Å²) in [5, 5.41) is 37.8. The van der Waals surface area contributed by atoms with E-state index in [1.54, 1.807) is 10.9 Å². The zero-order chi connectivity index (χ0) is 21.3. The van der Waals surface area contributed by atoms with Crippen molar-refractivity contribution in [1.29, 1.82) is 0 Å². The van der Waals surface area contributed by atoms with Gasteiger partial charge in [-0.2, -0.15) is 0 Å². The molecule has 1 aliphatic heterocycles. The summed E-state index contributed by atoms with van der Waals surface area (Å²) < 4.78 is 7.10. The van der Waals surface area contributed by atoms with Gasteiger partial charge >= 0.3 is 5.69 Å². The highest BCUT2D eigenvalue weighted by Gasteiger charge is 2.45. The van der Waals surface area contributed by atoms with Crippen molar-refractivity contribution >= 4 is 0 Å². The van der Waals surface area contributed by atoms with Crippen LogP contribution < -0.4 is 11.2 Å². The van der Waals surface area contributed by atoms with Crippen molar-refractivity contribution < 1.29 is 20.1 Å². The van der Waals surface area contributed by atoms with Crippen LogP contribution in [0, 0.1) is 0 Å². The van der Waals surface area contributed by atoms with Gasteiger partial charge in [0.25, 0.3) is 5.56 Å². The van der Waals surface area contributed by atoms with Crippen LogP contribution in [0.3, 0.4) is 0 Å². The molecule has 1 aliphatic rings. The van der Waals surface area contributed by atoms with Crippen LogP contribution in [0.1, 0.15) is 28.6 Å². The topological polar surface area (TPSA) is 166 Å². The lowest BCUT2D eigenvalue weighted by Gasteiger charge is -2.16. The smallest absolute Gasteiger partial charge is 0.325 e. The third kappa shape index (κ3) is 3.96. The second-order valence-electron chi connectivity index (χ2n) is 7.13. The molecule has 2 aromatic heterocycles. The van der Waals surface area contributed by atoms with Gasteiger partial charge in [0, 0.05) is 18.3 Å². The summed E-state index contributed by atoms with van der Waals surface area (Å²) in [5.41, 5.74) is 0.202. The number of nitrogens with zero attached hydrogens (tertiary/aromatic N) is 3. The van der Waals surface area contributed by atoms with E-state index < -0.39 is 42.3 Å².